The average molecular weight is 217 g/mol. The molecule has 13 heavy (non-hydrogen) atoms. The lowest BCUT2D eigenvalue weighted by Gasteiger charge is -1.97. The number of hydrogen-bond donors (Lipinski definition) is 1. The maximum absolute atomic E-state index is 8.99. The van der Waals surface area contributed by atoms with Gasteiger partial charge in [-0.2, -0.15) is 0 Å². The maximum Gasteiger partial charge on any atom is 0.194 e. The molecule has 2 nitrogen and oxygen atoms in total. The smallest absolute Gasteiger partial charge is 0.194 e. The third-order valence-electron chi connectivity index (χ3n) is 1.85. The van der Waals surface area contributed by atoms with Crippen LogP contribution in [-0.2, 0) is 6.61 Å². The van der Waals surface area contributed by atoms with Crippen LogP contribution in [0.25, 0.3) is 11.0 Å². The van der Waals surface area contributed by atoms with Crippen molar-refractivity contribution in [1.82, 2.24) is 0 Å². The summed E-state index contributed by atoms with van der Waals surface area (Å²) < 4.78 is 5.19. The van der Waals surface area contributed by atoms with Crippen molar-refractivity contribution in [2.75, 3.05) is 0 Å². The van der Waals surface area contributed by atoms with E-state index in [-0.39, 0.29) is 11.8 Å². The summed E-state index contributed by atoms with van der Waals surface area (Å²) in [7, 11) is 0. The summed E-state index contributed by atoms with van der Waals surface area (Å²) in [5, 5.41) is 10.6. The molecule has 0 saturated heterocycles. The molecular weight excluding hydrogens is 211 g/mol. The Hall–Kier alpha value is -0.700. The molecule has 0 aliphatic rings. The van der Waals surface area contributed by atoms with Crippen LogP contribution >= 0.6 is 23.2 Å². The molecule has 0 atom stereocenters. The molecule has 0 radical (unpaired) electrons. The number of rotatable bonds is 1. The van der Waals surface area contributed by atoms with E-state index in [0.29, 0.717) is 16.2 Å². The molecule has 1 N–H and O–H groups in total. The highest BCUT2D eigenvalue weighted by atomic mass is 35.5. The minimum absolute atomic E-state index is 0.0858. The van der Waals surface area contributed by atoms with Gasteiger partial charge in [0, 0.05) is 17.0 Å². The van der Waals surface area contributed by atoms with E-state index in [9.17, 15) is 0 Å². The van der Waals surface area contributed by atoms with Crippen LogP contribution in [-0.4, -0.2) is 5.11 Å². The highest BCUT2D eigenvalue weighted by Crippen LogP contribution is 2.31. The quantitative estimate of drug-likeness (QED) is 0.795. The SMILES string of the molecule is OCc1ccc(Cl)c2cc(Cl)oc12. The fraction of sp³-hybridized carbons (Fsp3) is 0.111. The number of aliphatic hydroxyl groups is 1. The molecule has 4 heteroatoms. The van der Waals surface area contributed by atoms with Crippen molar-refractivity contribution < 1.29 is 9.52 Å². The van der Waals surface area contributed by atoms with Crippen LogP contribution in [0, 0.1) is 0 Å². The van der Waals surface area contributed by atoms with Crippen LogP contribution in [0.2, 0.25) is 10.2 Å². The van der Waals surface area contributed by atoms with E-state index in [1.54, 1.807) is 18.2 Å². The molecule has 0 bridgehead atoms. The Morgan fingerprint density at radius 1 is 1.31 bits per heavy atom. The molecule has 0 fully saturated rings. The summed E-state index contributed by atoms with van der Waals surface area (Å²) in [6.45, 7) is -0.0858. The predicted octanol–water partition coefficient (Wildman–Crippen LogP) is 3.23. The number of benzene rings is 1. The summed E-state index contributed by atoms with van der Waals surface area (Å²) in [5.41, 5.74) is 1.24. The van der Waals surface area contributed by atoms with Crippen molar-refractivity contribution in [3.63, 3.8) is 0 Å². The predicted molar refractivity (Wildman–Crippen MR) is 52.2 cm³/mol. The first-order valence-corrected chi connectivity index (χ1v) is 4.45. The second-order valence-corrected chi connectivity index (χ2v) is 3.44. The zero-order valence-electron chi connectivity index (χ0n) is 6.55. The molecule has 0 aliphatic carbocycles. The zero-order chi connectivity index (χ0) is 9.42. The normalized spacial score (nSPS) is 11.0. The van der Waals surface area contributed by atoms with Crippen molar-refractivity contribution in [3.8, 4) is 0 Å². The second kappa shape index (κ2) is 3.22. The van der Waals surface area contributed by atoms with E-state index in [2.05, 4.69) is 0 Å². The highest BCUT2D eigenvalue weighted by Gasteiger charge is 2.09. The van der Waals surface area contributed by atoms with E-state index in [4.69, 9.17) is 32.7 Å². The van der Waals surface area contributed by atoms with E-state index in [0.717, 1.165) is 5.39 Å². The van der Waals surface area contributed by atoms with Gasteiger partial charge < -0.3 is 9.52 Å². The molecule has 1 aromatic heterocycles. The summed E-state index contributed by atoms with van der Waals surface area (Å²) in [6, 6.07) is 5.06. The fourth-order valence-corrected chi connectivity index (χ4v) is 1.63. The van der Waals surface area contributed by atoms with E-state index in [1.165, 1.54) is 0 Å². The molecular formula is C9H6Cl2O2. The summed E-state index contributed by atoms with van der Waals surface area (Å²) in [4.78, 5) is 0. The van der Waals surface area contributed by atoms with E-state index in [1.807, 2.05) is 0 Å². The first-order chi connectivity index (χ1) is 6.22. The van der Waals surface area contributed by atoms with Gasteiger partial charge in [0.15, 0.2) is 5.22 Å². The van der Waals surface area contributed by atoms with Crippen molar-refractivity contribution in [2.45, 2.75) is 6.61 Å². The topological polar surface area (TPSA) is 33.4 Å². The highest BCUT2D eigenvalue weighted by molar-refractivity contribution is 6.36. The van der Waals surface area contributed by atoms with Crippen molar-refractivity contribution in [2.24, 2.45) is 0 Å². The lowest BCUT2D eigenvalue weighted by molar-refractivity contribution is 0.281. The summed E-state index contributed by atoms with van der Waals surface area (Å²) in [5.74, 6) is 0. The summed E-state index contributed by atoms with van der Waals surface area (Å²) in [6.07, 6.45) is 0. The van der Waals surface area contributed by atoms with Gasteiger partial charge in [-0.3, -0.25) is 0 Å². The van der Waals surface area contributed by atoms with Crippen molar-refractivity contribution in [1.29, 1.82) is 0 Å². The number of fused-ring (bicyclic) bond motifs is 1. The number of halogens is 2. The van der Waals surface area contributed by atoms with Crippen molar-refractivity contribution >= 4 is 34.2 Å². The van der Waals surface area contributed by atoms with E-state index < -0.39 is 0 Å². The van der Waals surface area contributed by atoms with Gasteiger partial charge in [0.2, 0.25) is 0 Å². The van der Waals surface area contributed by atoms with Gasteiger partial charge in [-0.1, -0.05) is 17.7 Å². The summed E-state index contributed by atoms with van der Waals surface area (Å²) >= 11 is 11.6. The molecule has 2 rings (SSSR count). The Labute approximate surface area is 84.7 Å². The fourth-order valence-electron chi connectivity index (χ4n) is 1.24. The Morgan fingerprint density at radius 3 is 2.77 bits per heavy atom. The third-order valence-corrected chi connectivity index (χ3v) is 2.37. The minimum Gasteiger partial charge on any atom is -0.444 e. The Kier molecular flexibility index (Phi) is 2.20. The standard InChI is InChI=1S/C9H6Cl2O2/c10-7-2-1-5(4-12)9-6(7)3-8(11)13-9/h1-3,12H,4H2. The molecule has 0 unspecified atom stereocenters. The molecule has 68 valence electrons. The third kappa shape index (κ3) is 1.41. The van der Waals surface area contributed by atoms with Crippen molar-refractivity contribution in [3.05, 3.63) is 34.0 Å². The first-order valence-electron chi connectivity index (χ1n) is 3.69. The van der Waals surface area contributed by atoms with Gasteiger partial charge >= 0.3 is 0 Å². The zero-order valence-corrected chi connectivity index (χ0v) is 8.06. The molecule has 0 aliphatic heterocycles. The van der Waals surface area contributed by atoms with Gasteiger partial charge in [-0.15, -0.1) is 0 Å². The van der Waals surface area contributed by atoms with Crippen LogP contribution in [0.1, 0.15) is 5.56 Å². The lowest BCUT2D eigenvalue weighted by Crippen LogP contribution is -1.82. The van der Waals surface area contributed by atoms with Crippen LogP contribution < -0.4 is 0 Å². The molecule has 0 saturated carbocycles. The van der Waals surface area contributed by atoms with Crippen LogP contribution in [0.5, 0.6) is 0 Å². The molecule has 0 amide bonds. The lowest BCUT2D eigenvalue weighted by atomic mass is 10.2. The minimum atomic E-state index is -0.0858. The van der Waals surface area contributed by atoms with Gasteiger partial charge in [-0.25, -0.2) is 0 Å². The second-order valence-electron chi connectivity index (χ2n) is 2.66. The average Bonchev–Trinajstić information content (AvgIpc) is 2.48. The van der Waals surface area contributed by atoms with Crippen LogP contribution in [0.3, 0.4) is 0 Å². The monoisotopic (exact) mass is 216 g/mol. The number of hydrogen-bond acceptors (Lipinski definition) is 2. The Balaban J connectivity index is 2.83. The van der Waals surface area contributed by atoms with E-state index >= 15 is 0 Å². The molecule has 2 aromatic rings. The number of furan rings is 1. The molecule has 1 aromatic carbocycles. The van der Waals surface area contributed by atoms with Gasteiger partial charge in [0.1, 0.15) is 5.58 Å². The number of aliphatic hydroxyl groups excluding tert-OH is 1. The van der Waals surface area contributed by atoms with Gasteiger partial charge in [-0.05, 0) is 17.7 Å². The molecule has 0 spiro atoms. The Morgan fingerprint density at radius 2 is 2.08 bits per heavy atom. The first kappa shape index (κ1) is 8.88. The Bertz CT molecular complexity index is 448. The maximum atomic E-state index is 8.99. The van der Waals surface area contributed by atoms with Gasteiger partial charge in [0.25, 0.3) is 0 Å². The molecule has 1 heterocycles. The van der Waals surface area contributed by atoms with Gasteiger partial charge in [0.05, 0.1) is 11.6 Å². The van der Waals surface area contributed by atoms with Crippen LogP contribution in [0.15, 0.2) is 22.6 Å². The van der Waals surface area contributed by atoms with Crippen LogP contribution in [0.4, 0.5) is 0 Å². The largest absolute Gasteiger partial charge is 0.444 e.